The van der Waals surface area contributed by atoms with Crippen molar-refractivity contribution in [3.05, 3.63) is 33.9 Å². The number of carbonyl (C=O) groups excluding carboxylic acids is 1. The van der Waals surface area contributed by atoms with Crippen LogP contribution in [0.1, 0.15) is 16.8 Å². The molecule has 0 saturated heterocycles. The van der Waals surface area contributed by atoms with Crippen LogP contribution in [0.5, 0.6) is 5.75 Å². The van der Waals surface area contributed by atoms with E-state index in [1.807, 2.05) is 0 Å². The fourth-order valence-electron chi connectivity index (χ4n) is 1.12. The molecule has 1 rings (SSSR count). The largest absolute Gasteiger partial charge is 0.487 e. The number of nitro benzene ring substituents is 1. The van der Waals surface area contributed by atoms with Gasteiger partial charge in [0.2, 0.25) is 0 Å². The molecule has 0 atom stereocenters. The van der Waals surface area contributed by atoms with Gasteiger partial charge in [-0.2, -0.15) is 0 Å². The number of hydrogen-bond donors (Lipinski definition) is 1. The van der Waals surface area contributed by atoms with Crippen LogP contribution in [0.15, 0.2) is 18.2 Å². The zero-order valence-corrected chi connectivity index (χ0v) is 8.46. The molecule has 0 aromatic heterocycles. The van der Waals surface area contributed by atoms with E-state index < -0.39 is 4.92 Å². The van der Waals surface area contributed by atoms with Crippen molar-refractivity contribution in [3.8, 4) is 5.75 Å². The van der Waals surface area contributed by atoms with E-state index >= 15 is 0 Å². The second-order valence-corrected chi connectivity index (χ2v) is 3.03. The van der Waals surface area contributed by atoms with Crippen molar-refractivity contribution in [2.45, 2.75) is 6.42 Å². The van der Waals surface area contributed by atoms with E-state index in [4.69, 9.17) is 9.84 Å². The molecule has 0 amide bonds. The molecular formula is C10H11NO5. The highest BCUT2D eigenvalue weighted by molar-refractivity contribution is 5.77. The van der Waals surface area contributed by atoms with Crippen molar-refractivity contribution in [3.63, 3.8) is 0 Å². The Morgan fingerprint density at radius 1 is 1.50 bits per heavy atom. The van der Waals surface area contributed by atoms with Crippen LogP contribution in [0.4, 0.5) is 5.69 Å². The van der Waals surface area contributed by atoms with E-state index in [0.29, 0.717) is 12.7 Å². The van der Waals surface area contributed by atoms with E-state index in [9.17, 15) is 14.9 Å². The standard InChI is InChI=1S/C10H11NO5/c12-4-1-5-16-10-3-2-8(7-13)6-9(10)11(14)15/h2-3,6-7,12H,1,4-5H2. The molecular weight excluding hydrogens is 214 g/mol. The van der Waals surface area contributed by atoms with Gasteiger partial charge in [-0.1, -0.05) is 0 Å². The topological polar surface area (TPSA) is 89.7 Å². The van der Waals surface area contributed by atoms with Gasteiger partial charge in [-0.05, 0) is 12.1 Å². The number of nitro groups is 1. The molecule has 1 aromatic rings. The number of ether oxygens (including phenoxy) is 1. The first-order valence-corrected chi connectivity index (χ1v) is 4.66. The summed E-state index contributed by atoms with van der Waals surface area (Å²) in [6.45, 7) is 0.151. The van der Waals surface area contributed by atoms with Gasteiger partial charge in [0, 0.05) is 24.7 Å². The van der Waals surface area contributed by atoms with Crippen molar-refractivity contribution in [2.75, 3.05) is 13.2 Å². The number of nitrogens with zero attached hydrogens (tertiary/aromatic N) is 1. The van der Waals surface area contributed by atoms with Gasteiger partial charge >= 0.3 is 5.69 Å². The SMILES string of the molecule is O=Cc1ccc(OCCCO)c([N+](=O)[O-])c1. The molecule has 0 aliphatic carbocycles. The summed E-state index contributed by atoms with van der Waals surface area (Å²) < 4.78 is 5.12. The Hall–Kier alpha value is -1.95. The van der Waals surface area contributed by atoms with Gasteiger partial charge in [-0.15, -0.1) is 0 Å². The van der Waals surface area contributed by atoms with Crippen LogP contribution < -0.4 is 4.74 Å². The maximum absolute atomic E-state index is 10.7. The van der Waals surface area contributed by atoms with E-state index in [1.54, 1.807) is 0 Å². The van der Waals surface area contributed by atoms with Crippen LogP contribution >= 0.6 is 0 Å². The maximum Gasteiger partial charge on any atom is 0.311 e. The molecule has 6 heteroatoms. The molecule has 16 heavy (non-hydrogen) atoms. The fourth-order valence-corrected chi connectivity index (χ4v) is 1.12. The lowest BCUT2D eigenvalue weighted by molar-refractivity contribution is -0.385. The monoisotopic (exact) mass is 225 g/mol. The van der Waals surface area contributed by atoms with Crippen LogP contribution in [0.2, 0.25) is 0 Å². The number of hydrogen-bond acceptors (Lipinski definition) is 5. The van der Waals surface area contributed by atoms with Crippen molar-refractivity contribution < 1.29 is 19.6 Å². The second kappa shape index (κ2) is 5.82. The number of carbonyl (C=O) groups is 1. The summed E-state index contributed by atoms with van der Waals surface area (Å²) in [5.74, 6) is 0.101. The summed E-state index contributed by atoms with van der Waals surface area (Å²) in [5.41, 5.74) is -0.0243. The Morgan fingerprint density at radius 2 is 2.25 bits per heavy atom. The summed E-state index contributed by atoms with van der Waals surface area (Å²) in [5, 5.41) is 19.2. The van der Waals surface area contributed by atoms with Crippen LogP contribution in [0, 0.1) is 10.1 Å². The number of aliphatic hydroxyl groups excluding tert-OH is 1. The third-order valence-corrected chi connectivity index (χ3v) is 1.88. The highest BCUT2D eigenvalue weighted by Crippen LogP contribution is 2.27. The third-order valence-electron chi connectivity index (χ3n) is 1.88. The van der Waals surface area contributed by atoms with E-state index in [2.05, 4.69) is 0 Å². The summed E-state index contributed by atoms with van der Waals surface area (Å²) in [4.78, 5) is 20.5. The number of aldehydes is 1. The second-order valence-electron chi connectivity index (χ2n) is 3.03. The Morgan fingerprint density at radius 3 is 2.81 bits per heavy atom. The summed E-state index contributed by atoms with van der Waals surface area (Å²) in [6, 6.07) is 3.97. The fraction of sp³-hybridized carbons (Fsp3) is 0.300. The van der Waals surface area contributed by atoms with Crippen molar-refractivity contribution in [1.82, 2.24) is 0 Å². The Kier molecular flexibility index (Phi) is 4.41. The smallest absolute Gasteiger partial charge is 0.311 e. The van der Waals surface area contributed by atoms with E-state index in [-0.39, 0.29) is 30.2 Å². The molecule has 1 aromatic carbocycles. The van der Waals surface area contributed by atoms with Crippen molar-refractivity contribution >= 4 is 12.0 Å². The van der Waals surface area contributed by atoms with Crippen molar-refractivity contribution in [1.29, 1.82) is 0 Å². The number of aliphatic hydroxyl groups is 1. The maximum atomic E-state index is 10.7. The minimum atomic E-state index is -0.610. The quantitative estimate of drug-likeness (QED) is 0.339. The summed E-state index contributed by atoms with van der Waals surface area (Å²) in [7, 11) is 0. The number of benzene rings is 1. The molecule has 0 aliphatic rings. The zero-order chi connectivity index (χ0) is 12.0. The average Bonchev–Trinajstić information content (AvgIpc) is 2.29. The van der Waals surface area contributed by atoms with Gasteiger partial charge in [-0.3, -0.25) is 14.9 Å². The highest BCUT2D eigenvalue weighted by atomic mass is 16.6. The first kappa shape index (κ1) is 12.1. The van der Waals surface area contributed by atoms with Gasteiger partial charge in [0.05, 0.1) is 11.5 Å². The van der Waals surface area contributed by atoms with Gasteiger partial charge < -0.3 is 9.84 Å². The van der Waals surface area contributed by atoms with Crippen molar-refractivity contribution in [2.24, 2.45) is 0 Å². The minimum Gasteiger partial charge on any atom is -0.487 e. The normalized spacial score (nSPS) is 9.81. The molecule has 1 N–H and O–H groups in total. The lowest BCUT2D eigenvalue weighted by Gasteiger charge is -2.05. The molecule has 0 aliphatic heterocycles. The molecule has 0 fully saturated rings. The third kappa shape index (κ3) is 3.03. The first-order chi connectivity index (χ1) is 7.69. The van der Waals surface area contributed by atoms with Crippen LogP contribution in [-0.2, 0) is 0 Å². The van der Waals surface area contributed by atoms with Gasteiger partial charge in [-0.25, -0.2) is 0 Å². The van der Waals surface area contributed by atoms with Crippen LogP contribution in [0.3, 0.4) is 0 Å². The van der Waals surface area contributed by atoms with Gasteiger partial charge in [0.1, 0.15) is 6.29 Å². The molecule has 86 valence electrons. The molecule has 0 bridgehead atoms. The molecule has 0 radical (unpaired) electrons. The van der Waals surface area contributed by atoms with Gasteiger partial charge in [0.25, 0.3) is 0 Å². The van der Waals surface area contributed by atoms with Gasteiger partial charge in [0.15, 0.2) is 5.75 Å². The minimum absolute atomic E-state index is 0.0414. The predicted molar refractivity (Wildman–Crippen MR) is 55.7 cm³/mol. The molecule has 0 heterocycles. The Labute approximate surface area is 91.6 Å². The Balaban J connectivity index is 2.89. The molecule has 0 unspecified atom stereocenters. The summed E-state index contributed by atoms with van der Waals surface area (Å²) in [6.07, 6.45) is 0.928. The van der Waals surface area contributed by atoms with Crippen LogP contribution in [-0.4, -0.2) is 29.5 Å². The zero-order valence-electron chi connectivity index (χ0n) is 8.46. The van der Waals surface area contributed by atoms with E-state index in [0.717, 1.165) is 6.07 Å². The molecule has 0 spiro atoms. The Bertz CT molecular complexity index is 391. The first-order valence-electron chi connectivity index (χ1n) is 4.66. The van der Waals surface area contributed by atoms with Crippen LogP contribution in [0.25, 0.3) is 0 Å². The molecule has 0 saturated carbocycles. The van der Waals surface area contributed by atoms with E-state index in [1.165, 1.54) is 12.1 Å². The number of rotatable bonds is 6. The summed E-state index contributed by atoms with van der Waals surface area (Å²) >= 11 is 0. The average molecular weight is 225 g/mol. The molecule has 6 nitrogen and oxygen atoms in total. The highest BCUT2D eigenvalue weighted by Gasteiger charge is 2.15. The lowest BCUT2D eigenvalue weighted by Crippen LogP contribution is -2.02. The lowest BCUT2D eigenvalue weighted by atomic mass is 10.2. The predicted octanol–water partition coefficient (Wildman–Crippen LogP) is 1.17.